The van der Waals surface area contributed by atoms with E-state index in [-0.39, 0.29) is 42.6 Å². The summed E-state index contributed by atoms with van der Waals surface area (Å²) in [6, 6.07) is 6.76. The molecule has 2 N–H and O–H groups in total. The predicted molar refractivity (Wildman–Crippen MR) is 152 cm³/mol. The molecule has 4 amide bonds. The third kappa shape index (κ3) is 7.22. The predicted octanol–water partition coefficient (Wildman–Crippen LogP) is 4.65. The lowest BCUT2D eigenvalue weighted by atomic mass is 10.1. The van der Waals surface area contributed by atoms with E-state index in [1.807, 2.05) is 6.92 Å². The number of anilines is 3. The van der Waals surface area contributed by atoms with Gasteiger partial charge in [0.2, 0.25) is 11.8 Å². The summed E-state index contributed by atoms with van der Waals surface area (Å²) in [6.45, 7) is 12.4. The molecule has 0 spiro atoms. The number of ether oxygens (including phenoxy) is 2. The van der Waals surface area contributed by atoms with E-state index in [2.05, 4.69) is 21.7 Å². The van der Waals surface area contributed by atoms with Crippen LogP contribution in [0, 0.1) is 23.2 Å². The van der Waals surface area contributed by atoms with E-state index >= 15 is 0 Å². The lowest BCUT2D eigenvalue weighted by Crippen LogP contribution is -2.57. The van der Waals surface area contributed by atoms with Crippen molar-refractivity contribution in [2.75, 3.05) is 28.6 Å². The zero-order chi connectivity index (χ0) is 30.3. The van der Waals surface area contributed by atoms with Crippen molar-refractivity contribution in [3.05, 3.63) is 24.4 Å². The highest BCUT2D eigenvalue weighted by molar-refractivity contribution is 6.07. The fraction of sp³-hybridized carbons (Fsp3) is 0.517. The smallest absolute Gasteiger partial charge is 0.412 e. The second kappa shape index (κ2) is 10.9. The van der Waals surface area contributed by atoms with E-state index in [4.69, 9.17) is 14.7 Å². The van der Waals surface area contributed by atoms with Crippen molar-refractivity contribution in [2.45, 2.75) is 72.1 Å². The Balaban J connectivity index is 1.66. The van der Waals surface area contributed by atoms with Crippen molar-refractivity contribution in [1.29, 1.82) is 5.26 Å². The molecule has 41 heavy (non-hydrogen) atoms. The van der Waals surface area contributed by atoms with Crippen LogP contribution in [0.4, 0.5) is 26.8 Å². The number of carbonyl (C=O) groups is 4. The standard InChI is InChI=1S/C29H36N6O6/c1-16-14-34(27(39)41-29(5,6)7)15-24(36)35(16)19-8-17-10-23(33-25(37)20-9-18(20)12-30)31-13-21(17)22(11-19)32-26(38)40-28(2,3)4/h8,10-11,13,16,18,20H,9,14-15H2,1-7H3,(H,32,38)(H,31,33,37)/t16?,18?,20-/m0/s1. The molecule has 2 heterocycles. The number of rotatable bonds is 4. The average molecular weight is 565 g/mol. The maximum Gasteiger partial charge on any atom is 0.412 e. The molecule has 4 rings (SSSR count). The first kappa shape index (κ1) is 29.6. The van der Waals surface area contributed by atoms with Crippen LogP contribution in [0.1, 0.15) is 54.9 Å². The quantitative estimate of drug-likeness (QED) is 0.544. The van der Waals surface area contributed by atoms with Crippen LogP contribution in [0.5, 0.6) is 0 Å². The lowest BCUT2D eigenvalue weighted by molar-refractivity contribution is -0.122. The minimum absolute atomic E-state index is 0.175. The second-order valence-corrected chi connectivity index (χ2v) is 12.5. The molecule has 2 unspecified atom stereocenters. The number of pyridine rings is 1. The molecule has 12 nitrogen and oxygen atoms in total. The molecule has 1 aromatic heterocycles. The molecular formula is C29H36N6O6. The Kier molecular flexibility index (Phi) is 7.85. The van der Waals surface area contributed by atoms with E-state index in [0.29, 0.717) is 28.6 Å². The van der Waals surface area contributed by atoms with Crippen LogP contribution in [0.2, 0.25) is 0 Å². The van der Waals surface area contributed by atoms with Gasteiger partial charge in [0, 0.05) is 23.8 Å². The monoisotopic (exact) mass is 564 g/mol. The van der Waals surface area contributed by atoms with Crippen molar-refractivity contribution in [1.82, 2.24) is 9.88 Å². The summed E-state index contributed by atoms with van der Waals surface area (Å²) in [4.78, 5) is 58.5. The Morgan fingerprint density at radius 3 is 2.32 bits per heavy atom. The van der Waals surface area contributed by atoms with Crippen molar-refractivity contribution in [3.8, 4) is 6.07 Å². The van der Waals surface area contributed by atoms with E-state index in [0.717, 1.165) is 0 Å². The number of nitrogens with one attached hydrogen (secondary N) is 2. The van der Waals surface area contributed by atoms with Crippen LogP contribution in [-0.4, -0.2) is 64.2 Å². The molecule has 12 heteroatoms. The van der Waals surface area contributed by atoms with Gasteiger partial charge in [-0.3, -0.25) is 19.8 Å². The van der Waals surface area contributed by atoms with Crippen LogP contribution in [0.25, 0.3) is 10.8 Å². The summed E-state index contributed by atoms with van der Waals surface area (Å²) in [5.41, 5.74) is -0.588. The van der Waals surface area contributed by atoms with Gasteiger partial charge in [-0.15, -0.1) is 0 Å². The van der Waals surface area contributed by atoms with Gasteiger partial charge in [-0.1, -0.05) is 0 Å². The first-order valence-electron chi connectivity index (χ1n) is 13.5. The van der Waals surface area contributed by atoms with Gasteiger partial charge in [0.25, 0.3) is 0 Å². The Bertz CT molecular complexity index is 1440. The normalized spacial score (nSPS) is 20.7. The number of fused-ring (bicyclic) bond motifs is 1. The van der Waals surface area contributed by atoms with Crippen LogP contribution in [0.15, 0.2) is 24.4 Å². The maximum atomic E-state index is 13.4. The zero-order valence-corrected chi connectivity index (χ0v) is 24.4. The number of hydrogen-bond acceptors (Lipinski definition) is 8. The molecule has 1 aliphatic heterocycles. The first-order valence-corrected chi connectivity index (χ1v) is 13.5. The Morgan fingerprint density at radius 2 is 1.73 bits per heavy atom. The molecule has 218 valence electrons. The summed E-state index contributed by atoms with van der Waals surface area (Å²) >= 11 is 0. The first-order chi connectivity index (χ1) is 19.0. The Labute approximate surface area is 239 Å². The van der Waals surface area contributed by atoms with Gasteiger partial charge >= 0.3 is 12.2 Å². The number of nitriles is 1. The van der Waals surface area contributed by atoms with Gasteiger partial charge in [-0.05, 0) is 78.5 Å². The minimum atomic E-state index is -0.736. The van der Waals surface area contributed by atoms with Crippen LogP contribution in [0.3, 0.4) is 0 Å². The van der Waals surface area contributed by atoms with Crippen molar-refractivity contribution >= 4 is 52.0 Å². The van der Waals surface area contributed by atoms with Gasteiger partial charge in [0.15, 0.2) is 0 Å². The molecule has 1 aliphatic carbocycles. The minimum Gasteiger partial charge on any atom is -0.444 e. The summed E-state index contributed by atoms with van der Waals surface area (Å²) < 4.78 is 10.9. The molecule has 2 aromatic rings. The number of hydrogen-bond donors (Lipinski definition) is 2. The van der Waals surface area contributed by atoms with Crippen molar-refractivity contribution in [3.63, 3.8) is 0 Å². The molecular weight excluding hydrogens is 528 g/mol. The number of carbonyl (C=O) groups excluding carboxylic acids is 4. The van der Waals surface area contributed by atoms with Gasteiger partial charge in [0.1, 0.15) is 23.6 Å². The summed E-state index contributed by atoms with van der Waals surface area (Å²) in [5, 5.41) is 15.7. The maximum absolute atomic E-state index is 13.4. The molecule has 1 aromatic carbocycles. The molecule has 3 atom stereocenters. The van der Waals surface area contributed by atoms with Gasteiger partial charge < -0.3 is 19.7 Å². The summed E-state index contributed by atoms with van der Waals surface area (Å²) in [6.07, 6.45) is 0.781. The summed E-state index contributed by atoms with van der Waals surface area (Å²) in [5.74, 6) is -0.989. The van der Waals surface area contributed by atoms with Gasteiger partial charge in [-0.25, -0.2) is 14.6 Å². The Hall–Kier alpha value is -4.40. The van der Waals surface area contributed by atoms with E-state index in [1.54, 1.807) is 64.6 Å². The number of amides is 4. The number of aromatic nitrogens is 1. The molecule has 0 radical (unpaired) electrons. The van der Waals surface area contributed by atoms with Crippen LogP contribution >= 0.6 is 0 Å². The number of nitrogens with zero attached hydrogens (tertiary/aromatic N) is 4. The fourth-order valence-electron chi connectivity index (χ4n) is 4.63. The molecule has 1 saturated carbocycles. The highest BCUT2D eigenvalue weighted by atomic mass is 16.6. The largest absolute Gasteiger partial charge is 0.444 e. The topological polar surface area (TPSA) is 154 Å². The number of benzene rings is 1. The van der Waals surface area contributed by atoms with E-state index < -0.39 is 29.4 Å². The molecule has 2 aliphatic rings. The summed E-state index contributed by atoms with van der Waals surface area (Å²) in [7, 11) is 0. The van der Waals surface area contributed by atoms with Crippen LogP contribution in [-0.2, 0) is 19.1 Å². The van der Waals surface area contributed by atoms with Crippen molar-refractivity contribution < 1.29 is 28.7 Å². The van der Waals surface area contributed by atoms with E-state index in [9.17, 15) is 19.2 Å². The third-order valence-corrected chi connectivity index (χ3v) is 6.45. The van der Waals surface area contributed by atoms with Crippen molar-refractivity contribution in [2.24, 2.45) is 11.8 Å². The van der Waals surface area contributed by atoms with E-state index in [1.165, 1.54) is 11.1 Å². The van der Waals surface area contributed by atoms with Gasteiger partial charge in [-0.2, -0.15) is 5.26 Å². The lowest BCUT2D eigenvalue weighted by Gasteiger charge is -2.40. The zero-order valence-electron chi connectivity index (χ0n) is 24.4. The third-order valence-electron chi connectivity index (χ3n) is 6.45. The Morgan fingerprint density at radius 1 is 1.05 bits per heavy atom. The molecule has 2 fully saturated rings. The number of piperazine rings is 1. The SMILES string of the molecule is CC1CN(C(=O)OC(C)(C)C)CC(=O)N1c1cc(NC(=O)OC(C)(C)C)c2cnc(NC(=O)[C@H]3CC3C#N)cc2c1. The highest BCUT2D eigenvalue weighted by Gasteiger charge is 2.43. The molecule has 0 bridgehead atoms. The second-order valence-electron chi connectivity index (χ2n) is 12.5. The van der Waals surface area contributed by atoms with Gasteiger partial charge in [0.05, 0.1) is 29.6 Å². The fourth-order valence-corrected chi connectivity index (χ4v) is 4.63. The van der Waals surface area contributed by atoms with Crippen LogP contribution < -0.4 is 15.5 Å². The highest BCUT2D eigenvalue weighted by Crippen LogP contribution is 2.39. The average Bonchev–Trinajstić information content (AvgIpc) is 3.61. The molecule has 1 saturated heterocycles.